The van der Waals surface area contributed by atoms with Gasteiger partial charge in [-0.05, 0) is 0 Å². The Kier molecular flexibility index (Phi) is 5.11. The summed E-state index contributed by atoms with van der Waals surface area (Å²) in [5, 5.41) is 7.94. The standard InChI is InChI=1S/C8HF15O2/c9-3(10,5(13,14)8(21,22)23)2(1(24)25,6(15,16)17)4(11,12)7(18,19)20/h(H,24,25). The molecule has 1 unspecified atom stereocenters. The topological polar surface area (TPSA) is 37.3 Å². The van der Waals surface area contributed by atoms with Gasteiger partial charge in [0.1, 0.15) is 0 Å². The van der Waals surface area contributed by atoms with Crippen LogP contribution in [0.5, 0.6) is 0 Å². The molecule has 0 aromatic rings. The zero-order valence-electron chi connectivity index (χ0n) is 10.5. The molecule has 2 nitrogen and oxygen atoms in total. The molecule has 0 aromatic carbocycles. The number of alkyl halides is 15. The molecule has 150 valence electrons. The largest absolute Gasteiger partial charge is 0.480 e. The summed E-state index contributed by atoms with van der Waals surface area (Å²) >= 11 is 0. The van der Waals surface area contributed by atoms with Crippen LogP contribution in [0.3, 0.4) is 0 Å². The zero-order chi connectivity index (χ0) is 21.1. The van der Waals surface area contributed by atoms with E-state index in [2.05, 4.69) is 0 Å². The monoisotopic (exact) mass is 414 g/mol. The first-order chi connectivity index (χ1) is 10.4. The van der Waals surface area contributed by atoms with Crippen LogP contribution in [0.2, 0.25) is 0 Å². The highest BCUT2D eigenvalue weighted by Gasteiger charge is 2.98. The summed E-state index contributed by atoms with van der Waals surface area (Å²) < 4.78 is 187. The number of carbonyl (C=O) groups is 1. The number of hydrogen-bond acceptors (Lipinski definition) is 1. The SMILES string of the molecule is O=C(O)C(C(F)(F)F)(C(F)(F)C(F)(F)F)C(F)(F)C(F)(F)C(F)(F)F. The van der Waals surface area contributed by atoms with Crippen molar-refractivity contribution in [3.63, 3.8) is 0 Å². The molecule has 1 N–H and O–H groups in total. The van der Waals surface area contributed by atoms with Crippen LogP contribution in [-0.2, 0) is 4.79 Å². The Bertz CT molecular complexity index is 523. The van der Waals surface area contributed by atoms with Gasteiger partial charge in [0.25, 0.3) is 0 Å². The van der Waals surface area contributed by atoms with E-state index in [0.29, 0.717) is 0 Å². The van der Waals surface area contributed by atoms with Gasteiger partial charge in [-0.15, -0.1) is 0 Å². The summed E-state index contributed by atoms with van der Waals surface area (Å²) in [6, 6.07) is 0. The molecule has 17 heteroatoms. The first-order valence-electron chi connectivity index (χ1n) is 5.01. The van der Waals surface area contributed by atoms with Gasteiger partial charge in [0.05, 0.1) is 0 Å². The first-order valence-corrected chi connectivity index (χ1v) is 5.01. The Balaban J connectivity index is 7.37. The average molecular weight is 414 g/mol. The zero-order valence-corrected chi connectivity index (χ0v) is 10.5. The van der Waals surface area contributed by atoms with E-state index < -0.39 is 47.7 Å². The van der Waals surface area contributed by atoms with Crippen molar-refractivity contribution in [3.8, 4) is 0 Å². The van der Waals surface area contributed by atoms with Gasteiger partial charge in [-0.3, -0.25) is 4.79 Å². The molecule has 0 radical (unpaired) electrons. The van der Waals surface area contributed by atoms with E-state index in [1.165, 1.54) is 0 Å². The van der Waals surface area contributed by atoms with Crippen LogP contribution >= 0.6 is 0 Å². The minimum Gasteiger partial charge on any atom is -0.480 e. The minimum atomic E-state index is -8.51. The van der Waals surface area contributed by atoms with Crippen LogP contribution in [0.15, 0.2) is 0 Å². The third-order valence-corrected chi connectivity index (χ3v) is 2.79. The summed E-state index contributed by atoms with van der Waals surface area (Å²) in [6.45, 7) is 0. The van der Waals surface area contributed by atoms with Gasteiger partial charge < -0.3 is 5.11 Å². The van der Waals surface area contributed by atoms with Crippen molar-refractivity contribution < 1.29 is 75.8 Å². The van der Waals surface area contributed by atoms with E-state index in [-0.39, 0.29) is 0 Å². The maximum Gasteiger partial charge on any atom is 0.459 e. The highest BCUT2D eigenvalue weighted by atomic mass is 19.4. The molecule has 0 heterocycles. The second-order valence-electron chi connectivity index (χ2n) is 4.27. The lowest BCUT2D eigenvalue weighted by molar-refractivity contribution is -0.460. The third kappa shape index (κ3) is 2.74. The van der Waals surface area contributed by atoms with Crippen molar-refractivity contribution >= 4 is 5.97 Å². The van der Waals surface area contributed by atoms with Crippen LogP contribution in [0.1, 0.15) is 0 Å². The highest BCUT2D eigenvalue weighted by Crippen LogP contribution is 2.67. The fourth-order valence-electron chi connectivity index (χ4n) is 1.57. The van der Waals surface area contributed by atoms with Crippen LogP contribution in [0.25, 0.3) is 0 Å². The number of rotatable bonds is 4. The lowest BCUT2D eigenvalue weighted by Crippen LogP contribution is -2.76. The smallest absolute Gasteiger partial charge is 0.459 e. The normalized spacial score (nSPS) is 18.0. The summed E-state index contributed by atoms with van der Waals surface area (Å²) in [7, 11) is 0. The maximum absolute atomic E-state index is 13.2. The van der Waals surface area contributed by atoms with Crippen molar-refractivity contribution in [3.05, 3.63) is 0 Å². The van der Waals surface area contributed by atoms with Crippen LogP contribution in [0.4, 0.5) is 65.9 Å². The summed E-state index contributed by atoms with van der Waals surface area (Å²) in [4.78, 5) is 10.3. The summed E-state index contributed by atoms with van der Waals surface area (Å²) in [5.41, 5.74) is -8.19. The molecule has 0 aliphatic carbocycles. The predicted octanol–water partition coefficient (Wildman–Crippen LogP) is 4.65. The highest BCUT2D eigenvalue weighted by molar-refractivity contribution is 5.79. The van der Waals surface area contributed by atoms with E-state index in [0.717, 1.165) is 0 Å². The molecular weight excluding hydrogens is 413 g/mol. The second-order valence-corrected chi connectivity index (χ2v) is 4.27. The predicted molar refractivity (Wildman–Crippen MR) is 43.1 cm³/mol. The van der Waals surface area contributed by atoms with Crippen molar-refractivity contribution in [2.45, 2.75) is 36.3 Å². The van der Waals surface area contributed by atoms with E-state index in [1.54, 1.807) is 0 Å². The Morgan fingerprint density at radius 2 is 0.760 bits per heavy atom. The van der Waals surface area contributed by atoms with Gasteiger partial charge in [0, 0.05) is 0 Å². The van der Waals surface area contributed by atoms with Gasteiger partial charge in [-0.1, -0.05) is 0 Å². The molecule has 0 saturated heterocycles. The lowest BCUT2D eigenvalue weighted by Gasteiger charge is -2.45. The van der Waals surface area contributed by atoms with Crippen LogP contribution in [-0.4, -0.2) is 47.4 Å². The minimum absolute atomic E-state index is 5.00. The Morgan fingerprint density at radius 3 is 0.920 bits per heavy atom. The van der Waals surface area contributed by atoms with Crippen LogP contribution < -0.4 is 0 Å². The Morgan fingerprint density at radius 1 is 0.480 bits per heavy atom. The number of carboxylic acids is 1. The van der Waals surface area contributed by atoms with Crippen LogP contribution in [0, 0.1) is 5.41 Å². The average Bonchev–Trinajstić information content (AvgIpc) is 2.21. The van der Waals surface area contributed by atoms with Gasteiger partial charge >= 0.3 is 47.7 Å². The van der Waals surface area contributed by atoms with Crippen molar-refractivity contribution in [2.75, 3.05) is 0 Å². The van der Waals surface area contributed by atoms with E-state index >= 15 is 0 Å². The lowest BCUT2D eigenvalue weighted by atomic mass is 9.71. The molecule has 0 aromatic heterocycles. The van der Waals surface area contributed by atoms with E-state index in [1.807, 2.05) is 0 Å². The second kappa shape index (κ2) is 5.46. The van der Waals surface area contributed by atoms with Gasteiger partial charge in [-0.25, -0.2) is 0 Å². The maximum atomic E-state index is 13.2. The molecule has 0 spiro atoms. The molecule has 0 rings (SSSR count). The van der Waals surface area contributed by atoms with Crippen molar-refractivity contribution in [1.29, 1.82) is 0 Å². The molecule has 0 amide bonds. The number of carboxylic acid groups (broad SMARTS) is 1. The Labute approximate surface area is 125 Å². The number of aliphatic carboxylic acids is 1. The molecule has 0 fully saturated rings. The molecule has 0 aliphatic rings. The van der Waals surface area contributed by atoms with Gasteiger partial charge in [0.15, 0.2) is 0 Å². The Hall–Kier alpha value is -1.58. The first kappa shape index (κ1) is 23.4. The fraction of sp³-hybridized carbons (Fsp3) is 0.875. The van der Waals surface area contributed by atoms with E-state index in [9.17, 15) is 70.7 Å². The molecule has 1 atom stereocenters. The quantitative estimate of drug-likeness (QED) is 0.681. The van der Waals surface area contributed by atoms with Crippen molar-refractivity contribution in [1.82, 2.24) is 0 Å². The fourth-order valence-corrected chi connectivity index (χ4v) is 1.57. The molecule has 0 saturated carbocycles. The third-order valence-electron chi connectivity index (χ3n) is 2.79. The number of hydrogen-bond donors (Lipinski definition) is 1. The molecule has 0 aliphatic heterocycles. The molecule has 0 bridgehead atoms. The summed E-state index contributed by atoms with van der Waals surface area (Å²) in [6.07, 6.45) is -23.8. The summed E-state index contributed by atoms with van der Waals surface area (Å²) in [5.74, 6) is -30.0. The van der Waals surface area contributed by atoms with Crippen molar-refractivity contribution in [2.24, 2.45) is 5.41 Å². The van der Waals surface area contributed by atoms with Gasteiger partial charge in [0.2, 0.25) is 0 Å². The van der Waals surface area contributed by atoms with E-state index in [4.69, 9.17) is 5.11 Å². The number of halogens is 15. The molecule has 25 heavy (non-hydrogen) atoms. The van der Waals surface area contributed by atoms with Gasteiger partial charge in [-0.2, -0.15) is 65.9 Å². The molecular formula is C8HF15O2.